The molecule has 2 heterocycles. The second kappa shape index (κ2) is 6.02. The molecule has 0 aromatic heterocycles. The topological polar surface area (TPSA) is 65.0 Å². The lowest BCUT2D eigenvalue weighted by Crippen LogP contribution is -2.47. The molecule has 3 aliphatic rings. The van der Waals surface area contributed by atoms with Crippen LogP contribution in [-0.2, 0) is 19.0 Å². The van der Waals surface area contributed by atoms with Crippen LogP contribution < -0.4 is 0 Å². The van der Waals surface area contributed by atoms with Crippen LogP contribution in [0.15, 0.2) is 72.8 Å². The van der Waals surface area contributed by atoms with Gasteiger partial charge in [-0.1, -0.05) is 60.7 Å². The highest BCUT2D eigenvalue weighted by Crippen LogP contribution is 2.52. The van der Waals surface area contributed by atoms with Gasteiger partial charge in [0.15, 0.2) is 5.79 Å². The van der Waals surface area contributed by atoms with Crippen molar-refractivity contribution in [2.24, 2.45) is 0 Å². The van der Waals surface area contributed by atoms with E-state index in [2.05, 4.69) is 0 Å². The van der Waals surface area contributed by atoms with Crippen molar-refractivity contribution < 1.29 is 24.1 Å². The van der Waals surface area contributed by atoms with Gasteiger partial charge in [0.2, 0.25) is 0 Å². The summed E-state index contributed by atoms with van der Waals surface area (Å²) in [6.07, 6.45) is 2.29. The molecule has 0 amide bonds. The van der Waals surface area contributed by atoms with Crippen molar-refractivity contribution in [2.75, 3.05) is 0 Å². The Balaban J connectivity index is 1.52. The maximum atomic E-state index is 11.7. The minimum absolute atomic E-state index is 0.0333. The molecule has 1 N–H and O–H groups in total. The lowest BCUT2D eigenvalue weighted by atomic mass is 9.84. The Kier molecular flexibility index (Phi) is 3.72. The average Bonchev–Trinajstić information content (AvgIpc) is 3.20. The normalized spacial score (nSPS) is 33.8. The van der Waals surface area contributed by atoms with Crippen molar-refractivity contribution in [2.45, 2.75) is 42.5 Å². The first kappa shape index (κ1) is 16.7. The number of hydrogen-bond acceptors (Lipinski definition) is 5. The van der Waals surface area contributed by atoms with Crippen LogP contribution in [0.4, 0.5) is 0 Å². The molecule has 2 saturated heterocycles. The number of ether oxygens (including phenoxy) is 3. The Morgan fingerprint density at radius 2 is 1.41 bits per heavy atom. The smallest absolute Gasteiger partial charge is 0.309 e. The van der Waals surface area contributed by atoms with E-state index >= 15 is 0 Å². The summed E-state index contributed by atoms with van der Waals surface area (Å²) in [5.41, 5.74) is 0.754. The minimum Gasteiger partial charge on any atom is -0.459 e. The van der Waals surface area contributed by atoms with Gasteiger partial charge in [-0.2, -0.15) is 0 Å². The Hall–Kier alpha value is -2.47. The first-order chi connectivity index (χ1) is 13.1. The number of hydrogen-bond donors (Lipinski definition) is 1. The van der Waals surface area contributed by atoms with Gasteiger partial charge in [0.25, 0.3) is 0 Å². The van der Waals surface area contributed by atoms with E-state index in [9.17, 15) is 9.90 Å². The predicted molar refractivity (Wildman–Crippen MR) is 96.5 cm³/mol. The van der Waals surface area contributed by atoms with Crippen molar-refractivity contribution in [1.29, 1.82) is 0 Å². The van der Waals surface area contributed by atoms with Crippen molar-refractivity contribution >= 4 is 5.97 Å². The molecule has 2 fully saturated rings. The SMILES string of the molecule is O=C1C[C@@]2(O)C=CC3(C[C@H]2O1)O[C@H](c1ccccc1)[C@@H](c1ccccc1)O3. The van der Waals surface area contributed by atoms with E-state index in [1.807, 2.05) is 60.7 Å². The molecule has 2 aliphatic heterocycles. The molecule has 5 heteroatoms. The fraction of sp³-hybridized carbons (Fsp3) is 0.318. The summed E-state index contributed by atoms with van der Waals surface area (Å²) >= 11 is 0. The van der Waals surface area contributed by atoms with Gasteiger partial charge in [-0.15, -0.1) is 0 Å². The number of carbonyl (C=O) groups excluding carboxylic acids is 1. The van der Waals surface area contributed by atoms with Crippen LogP contribution in [0.1, 0.15) is 36.2 Å². The molecule has 1 spiro atoms. The van der Waals surface area contributed by atoms with E-state index in [4.69, 9.17) is 14.2 Å². The van der Waals surface area contributed by atoms with E-state index in [0.717, 1.165) is 11.1 Å². The van der Waals surface area contributed by atoms with E-state index < -0.39 is 23.5 Å². The van der Waals surface area contributed by atoms with Gasteiger partial charge in [-0.25, -0.2) is 0 Å². The first-order valence-electron chi connectivity index (χ1n) is 9.15. The monoisotopic (exact) mass is 364 g/mol. The second-order valence-corrected chi connectivity index (χ2v) is 7.39. The van der Waals surface area contributed by atoms with E-state index in [1.54, 1.807) is 12.2 Å². The number of rotatable bonds is 2. The van der Waals surface area contributed by atoms with Crippen molar-refractivity contribution in [3.8, 4) is 0 Å². The Morgan fingerprint density at radius 1 is 0.852 bits per heavy atom. The zero-order valence-electron chi connectivity index (χ0n) is 14.7. The summed E-state index contributed by atoms with van der Waals surface area (Å²) < 4.78 is 18.2. The Labute approximate surface area is 157 Å². The third-order valence-electron chi connectivity index (χ3n) is 5.54. The summed E-state index contributed by atoms with van der Waals surface area (Å²) in [5, 5.41) is 10.6. The van der Waals surface area contributed by atoms with Gasteiger partial charge < -0.3 is 19.3 Å². The molecule has 2 aromatic carbocycles. The second-order valence-electron chi connectivity index (χ2n) is 7.39. The fourth-order valence-corrected chi connectivity index (χ4v) is 4.16. The number of esters is 1. The highest BCUT2D eigenvalue weighted by Gasteiger charge is 2.57. The van der Waals surface area contributed by atoms with Crippen LogP contribution in [0.5, 0.6) is 0 Å². The molecule has 27 heavy (non-hydrogen) atoms. The van der Waals surface area contributed by atoms with Crippen LogP contribution in [0.2, 0.25) is 0 Å². The molecular weight excluding hydrogens is 344 g/mol. The third kappa shape index (κ3) is 2.79. The maximum absolute atomic E-state index is 11.7. The average molecular weight is 364 g/mol. The molecule has 138 valence electrons. The van der Waals surface area contributed by atoms with E-state index in [1.165, 1.54) is 0 Å². The summed E-state index contributed by atoms with van der Waals surface area (Å²) in [5.74, 6) is -1.44. The van der Waals surface area contributed by atoms with Crippen molar-refractivity contribution in [1.82, 2.24) is 0 Å². The Morgan fingerprint density at radius 3 is 1.96 bits per heavy atom. The standard InChI is InChI=1S/C22H20O5/c23-18-14-21(24)11-12-22(13-17(21)25-18)26-19(15-7-3-1-4-8-15)20(27-22)16-9-5-2-6-10-16/h1-12,17,19-20,24H,13-14H2/t17-,19-,20-,21+/m1/s1. The fourth-order valence-electron chi connectivity index (χ4n) is 4.16. The molecule has 0 unspecified atom stereocenters. The lowest BCUT2D eigenvalue weighted by molar-refractivity contribution is -0.182. The van der Waals surface area contributed by atoms with Crippen molar-refractivity contribution in [3.63, 3.8) is 0 Å². The maximum Gasteiger partial charge on any atom is 0.309 e. The van der Waals surface area contributed by atoms with Crippen LogP contribution in [0.3, 0.4) is 0 Å². The van der Waals surface area contributed by atoms with Gasteiger partial charge in [0, 0.05) is 6.42 Å². The van der Waals surface area contributed by atoms with Gasteiger partial charge in [-0.05, 0) is 23.3 Å². The van der Waals surface area contributed by atoms with Gasteiger partial charge >= 0.3 is 5.97 Å². The largest absolute Gasteiger partial charge is 0.459 e. The third-order valence-corrected chi connectivity index (χ3v) is 5.54. The molecule has 2 aromatic rings. The molecule has 0 bridgehead atoms. The number of aliphatic hydroxyl groups is 1. The minimum atomic E-state index is -1.28. The Bertz CT molecular complexity index is 831. The van der Waals surface area contributed by atoms with E-state index in [-0.39, 0.29) is 25.0 Å². The summed E-state index contributed by atoms with van der Waals surface area (Å²) in [6.45, 7) is 0. The van der Waals surface area contributed by atoms with Gasteiger partial charge in [0.1, 0.15) is 23.9 Å². The lowest BCUT2D eigenvalue weighted by Gasteiger charge is -2.36. The molecule has 0 radical (unpaired) electrons. The van der Waals surface area contributed by atoms with Crippen LogP contribution in [-0.4, -0.2) is 28.6 Å². The van der Waals surface area contributed by atoms with Gasteiger partial charge in [-0.3, -0.25) is 4.79 Å². The summed E-state index contributed by atoms with van der Waals surface area (Å²) in [4.78, 5) is 11.7. The predicted octanol–water partition coefficient (Wildman–Crippen LogP) is 3.22. The molecule has 1 aliphatic carbocycles. The quantitative estimate of drug-likeness (QED) is 0.655. The summed E-state index contributed by atoms with van der Waals surface area (Å²) in [7, 11) is 0. The highest BCUT2D eigenvalue weighted by molar-refractivity contribution is 5.74. The first-order valence-corrected chi connectivity index (χ1v) is 9.15. The molecule has 5 nitrogen and oxygen atoms in total. The highest BCUT2D eigenvalue weighted by atomic mass is 16.8. The zero-order valence-corrected chi connectivity index (χ0v) is 14.7. The zero-order chi connectivity index (χ0) is 18.5. The molecule has 0 saturated carbocycles. The van der Waals surface area contributed by atoms with E-state index in [0.29, 0.717) is 0 Å². The molecule has 5 rings (SSSR count). The number of carbonyl (C=O) groups is 1. The van der Waals surface area contributed by atoms with Gasteiger partial charge in [0.05, 0.1) is 6.42 Å². The van der Waals surface area contributed by atoms with Crippen molar-refractivity contribution in [3.05, 3.63) is 83.9 Å². The molecular formula is C22H20O5. The summed E-state index contributed by atoms with van der Waals surface area (Å²) in [6, 6.07) is 19.9. The molecule has 4 atom stereocenters. The van der Waals surface area contributed by atoms with Crippen LogP contribution >= 0.6 is 0 Å². The number of fused-ring (bicyclic) bond motifs is 1. The van der Waals surface area contributed by atoms with Crippen LogP contribution in [0.25, 0.3) is 0 Å². The number of benzene rings is 2. The van der Waals surface area contributed by atoms with Crippen LogP contribution in [0, 0.1) is 0 Å².